The van der Waals surface area contributed by atoms with Crippen molar-refractivity contribution in [3.05, 3.63) is 0 Å². The first kappa shape index (κ1) is 14.4. The van der Waals surface area contributed by atoms with Gasteiger partial charge in [0.2, 0.25) is 0 Å². The molecule has 0 aliphatic rings. The molecule has 0 aromatic heterocycles. The maximum absolute atomic E-state index is 7.04. The van der Waals surface area contributed by atoms with Crippen molar-refractivity contribution in [3.63, 3.8) is 0 Å². The monoisotopic (exact) mass is 216 g/mol. The largest absolute Gasteiger partial charge is 0.388 e. The molecule has 90 valence electrons. The quantitative estimate of drug-likeness (QED) is 0.351. The lowest BCUT2D eigenvalue weighted by molar-refractivity contribution is -0.0101. The number of rotatable bonds is 9. The van der Waals surface area contributed by atoms with Gasteiger partial charge in [0.15, 0.2) is 0 Å². The highest BCUT2D eigenvalue weighted by Crippen LogP contribution is 2.12. The predicted octanol–water partition coefficient (Wildman–Crippen LogP) is 1.92. The van der Waals surface area contributed by atoms with Crippen molar-refractivity contribution in [1.29, 1.82) is 5.41 Å². The van der Waals surface area contributed by atoms with Gasteiger partial charge in [0.05, 0.1) is 11.4 Å². The van der Waals surface area contributed by atoms with Crippen LogP contribution < -0.4 is 5.73 Å². The van der Waals surface area contributed by atoms with Gasteiger partial charge in [-0.2, -0.15) is 0 Å². The van der Waals surface area contributed by atoms with Gasteiger partial charge in [-0.05, 0) is 33.1 Å². The molecule has 0 saturated carbocycles. The number of methoxy groups -OCH3 is 1. The van der Waals surface area contributed by atoms with Crippen LogP contribution in [0.25, 0.3) is 0 Å². The molecule has 0 atom stereocenters. The summed E-state index contributed by atoms with van der Waals surface area (Å²) in [5, 5.41) is 7.04. The Bertz CT molecular complexity index is 181. The molecule has 0 saturated heterocycles. The number of hydrogen-bond donors (Lipinski definition) is 2. The molecule has 4 heteroatoms. The normalized spacial score (nSPS) is 11.7. The molecule has 0 bridgehead atoms. The van der Waals surface area contributed by atoms with Gasteiger partial charge in [-0.1, -0.05) is 0 Å². The third kappa shape index (κ3) is 9.69. The van der Waals surface area contributed by atoms with Crippen LogP contribution in [0.2, 0.25) is 0 Å². The van der Waals surface area contributed by atoms with Crippen molar-refractivity contribution in [2.24, 2.45) is 5.73 Å². The topological polar surface area (TPSA) is 68.3 Å². The van der Waals surface area contributed by atoms with Crippen LogP contribution in [0.3, 0.4) is 0 Å². The fourth-order valence-corrected chi connectivity index (χ4v) is 1.04. The Labute approximate surface area is 92.6 Å². The van der Waals surface area contributed by atoms with Crippen molar-refractivity contribution in [3.8, 4) is 0 Å². The molecule has 0 rings (SSSR count). The number of hydrogen-bond acceptors (Lipinski definition) is 3. The van der Waals surface area contributed by atoms with Crippen LogP contribution in [-0.4, -0.2) is 31.8 Å². The lowest BCUT2D eigenvalue weighted by Gasteiger charge is -2.22. The second kappa shape index (κ2) is 7.65. The Balaban J connectivity index is 3.22. The highest BCUT2D eigenvalue weighted by molar-refractivity contribution is 5.76. The predicted molar refractivity (Wildman–Crippen MR) is 62.3 cm³/mol. The van der Waals surface area contributed by atoms with Gasteiger partial charge in [-0.25, -0.2) is 0 Å². The van der Waals surface area contributed by atoms with Crippen LogP contribution in [-0.2, 0) is 9.47 Å². The van der Waals surface area contributed by atoms with E-state index < -0.39 is 0 Å². The van der Waals surface area contributed by atoms with Crippen molar-refractivity contribution in [2.75, 3.05) is 20.3 Å². The SMILES string of the molecule is COC(C)(C)CCOCCCCC(=N)N. The summed E-state index contributed by atoms with van der Waals surface area (Å²) < 4.78 is 10.7. The van der Waals surface area contributed by atoms with E-state index in [-0.39, 0.29) is 11.4 Å². The third-order valence-electron chi connectivity index (χ3n) is 2.39. The Kier molecular flexibility index (Phi) is 7.34. The van der Waals surface area contributed by atoms with Gasteiger partial charge in [-0.3, -0.25) is 5.41 Å². The van der Waals surface area contributed by atoms with Crippen LogP contribution in [0, 0.1) is 5.41 Å². The van der Waals surface area contributed by atoms with Crippen LogP contribution in [0.1, 0.15) is 39.5 Å². The first-order chi connectivity index (χ1) is 6.98. The van der Waals surface area contributed by atoms with Gasteiger partial charge < -0.3 is 15.2 Å². The maximum atomic E-state index is 7.04. The van der Waals surface area contributed by atoms with Crippen molar-refractivity contribution < 1.29 is 9.47 Å². The molecule has 3 N–H and O–H groups in total. The second-order valence-corrected chi connectivity index (χ2v) is 4.31. The Morgan fingerprint density at radius 1 is 1.27 bits per heavy atom. The molecule has 0 unspecified atom stereocenters. The summed E-state index contributed by atoms with van der Waals surface area (Å²) in [6.45, 7) is 5.56. The second-order valence-electron chi connectivity index (χ2n) is 4.31. The van der Waals surface area contributed by atoms with E-state index in [0.717, 1.165) is 32.5 Å². The summed E-state index contributed by atoms with van der Waals surface area (Å²) in [6.07, 6.45) is 3.47. The summed E-state index contributed by atoms with van der Waals surface area (Å²) in [5.74, 6) is 0.260. The van der Waals surface area contributed by atoms with Gasteiger partial charge in [-0.15, -0.1) is 0 Å². The molecular formula is C11H24N2O2. The Morgan fingerprint density at radius 2 is 1.93 bits per heavy atom. The van der Waals surface area contributed by atoms with Gasteiger partial charge in [0.1, 0.15) is 0 Å². The Morgan fingerprint density at radius 3 is 2.47 bits per heavy atom. The van der Waals surface area contributed by atoms with E-state index in [0.29, 0.717) is 6.42 Å². The number of amidine groups is 1. The number of nitrogens with one attached hydrogen (secondary N) is 1. The van der Waals surface area contributed by atoms with E-state index in [1.807, 2.05) is 13.8 Å². The van der Waals surface area contributed by atoms with Crippen LogP contribution in [0.5, 0.6) is 0 Å². The van der Waals surface area contributed by atoms with Crippen molar-refractivity contribution >= 4 is 5.84 Å². The molecule has 0 heterocycles. The van der Waals surface area contributed by atoms with Crippen molar-refractivity contribution in [1.82, 2.24) is 0 Å². The molecule has 0 aliphatic heterocycles. The highest BCUT2D eigenvalue weighted by Gasteiger charge is 2.15. The zero-order valence-corrected chi connectivity index (χ0v) is 10.1. The molecule has 0 aliphatic carbocycles. The molecule has 0 aromatic carbocycles. The van der Waals surface area contributed by atoms with E-state index in [2.05, 4.69) is 0 Å². The minimum Gasteiger partial charge on any atom is -0.388 e. The minimum atomic E-state index is -0.0978. The van der Waals surface area contributed by atoms with E-state index in [4.69, 9.17) is 20.6 Å². The molecule has 0 radical (unpaired) electrons. The summed E-state index contributed by atoms with van der Waals surface area (Å²) in [4.78, 5) is 0. The van der Waals surface area contributed by atoms with Crippen LogP contribution in [0.15, 0.2) is 0 Å². The fraction of sp³-hybridized carbons (Fsp3) is 0.909. The average Bonchev–Trinajstić information content (AvgIpc) is 2.16. The molecule has 0 aromatic rings. The van der Waals surface area contributed by atoms with Gasteiger partial charge >= 0.3 is 0 Å². The zero-order valence-electron chi connectivity index (χ0n) is 10.1. The van der Waals surface area contributed by atoms with Crippen LogP contribution in [0.4, 0.5) is 0 Å². The lowest BCUT2D eigenvalue weighted by Crippen LogP contribution is -2.24. The van der Waals surface area contributed by atoms with Crippen LogP contribution >= 0.6 is 0 Å². The van der Waals surface area contributed by atoms with E-state index in [1.165, 1.54) is 0 Å². The first-order valence-corrected chi connectivity index (χ1v) is 5.44. The van der Waals surface area contributed by atoms with Gasteiger partial charge in [0, 0.05) is 26.7 Å². The zero-order chi connectivity index (χ0) is 11.7. The maximum Gasteiger partial charge on any atom is 0.0905 e. The molecule has 0 spiro atoms. The fourth-order valence-electron chi connectivity index (χ4n) is 1.04. The minimum absolute atomic E-state index is 0.0978. The summed E-state index contributed by atoms with van der Waals surface area (Å²) >= 11 is 0. The number of unbranched alkanes of at least 4 members (excludes halogenated alkanes) is 1. The summed E-state index contributed by atoms with van der Waals surface area (Å²) in [5.41, 5.74) is 5.14. The van der Waals surface area contributed by atoms with Gasteiger partial charge in [0.25, 0.3) is 0 Å². The molecular weight excluding hydrogens is 192 g/mol. The lowest BCUT2D eigenvalue weighted by atomic mass is 10.1. The Hall–Kier alpha value is -0.610. The molecule has 4 nitrogen and oxygen atoms in total. The summed E-state index contributed by atoms with van der Waals surface area (Å²) in [6, 6.07) is 0. The first-order valence-electron chi connectivity index (χ1n) is 5.44. The smallest absolute Gasteiger partial charge is 0.0905 e. The number of ether oxygens (including phenoxy) is 2. The molecule has 0 fully saturated rings. The molecule has 15 heavy (non-hydrogen) atoms. The average molecular weight is 216 g/mol. The highest BCUT2D eigenvalue weighted by atomic mass is 16.5. The van der Waals surface area contributed by atoms with Crippen molar-refractivity contribution in [2.45, 2.75) is 45.1 Å². The standard InChI is InChI=1S/C11H24N2O2/c1-11(2,14-3)7-9-15-8-5-4-6-10(12)13/h4-9H2,1-3H3,(H3,12,13). The molecule has 0 amide bonds. The third-order valence-corrected chi connectivity index (χ3v) is 2.39. The van der Waals surface area contributed by atoms with E-state index >= 15 is 0 Å². The van der Waals surface area contributed by atoms with E-state index in [9.17, 15) is 0 Å². The number of nitrogens with two attached hydrogens (primary N) is 1. The van der Waals surface area contributed by atoms with E-state index in [1.54, 1.807) is 7.11 Å². The summed E-state index contributed by atoms with van der Waals surface area (Å²) in [7, 11) is 1.72.